The largest absolute Gasteiger partial charge is 0.310 e. The molecule has 1 aromatic heterocycles. The first-order valence-corrected chi connectivity index (χ1v) is 6.97. The summed E-state index contributed by atoms with van der Waals surface area (Å²) >= 11 is 0. The van der Waals surface area contributed by atoms with E-state index in [0.717, 1.165) is 17.8 Å². The Balaban J connectivity index is 1.96. The number of hydrogen-bond donors (Lipinski definition) is 1. The summed E-state index contributed by atoms with van der Waals surface area (Å²) in [6, 6.07) is 7.15. The summed E-state index contributed by atoms with van der Waals surface area (Å²) < 4.78 is 15.4. The molecule has 0 aliphatic rings. The van der Waals surface area contributed by atoms with Gasteiger partial charge in [-0.05, 0) is 45.4 Å². The van der Waals surface area contributed by atoms with Gasteiger partial charge in [-0.25, -0.2) is 4.39 Å². The molecule has 0 aliphatic heterocycles. The Hall–Kier alpha value is -1.68. The van der Waals surface area contributed by atoms with Crippen molar-refractivity contribution in [3.8, 4) is 0 Å². The number of aryl methyl sites for hydroxylation is 2. The van der Waals surface area contributed by atoms with Crippen LogP contribution in [0.25, 0.3) is 0 Å². The summed E-state index contributed by atoms with van der Waals surface area (Å²) in [4.78, 5) is 0. The molecule has 0 radical (unpaired) electrons. The van der Waals surface area contributed by atoms with Crippen molar-refractivity contribution >= 4 is 0 Å². The summed E-state index contributed by atoms with van der Waals surface area (Å²) in [5.74, 6) is -0.129. The average molecular weight is 275 g/mol. The minimum absolute atomic E-state index is 0.129. The molecule has 1 unspecified atom stereocenters. The number of nitrogens with one attached hydrogen (secondary N) is 1. The molecule has 4 heteroatoms. The molecule has 0 aliphatic carbocycles. The van der Waals surface area contributed by atoms with E-state index in [-0.39, 0.29) is 11.9 Å². The second-order valence-electron chi connectivity index (χ2n) is 5.23. The van der Waals surface area contributed by atoms with Gasteiger partial charge in [0, 0.05) is 24.3 Å². The fourth-order valence-electron chi connectivity index (χ4n) is 2.64. The van der Waals surface area contributed by atoms with E-state index in [9.17, 15) is 4.39 Å². The minimum atomic E-state index is -0.129. The molecular formula is C16H22FN3. The average Bonchev–Trinajstić information content (AvgIpc) is 2.65. The van der Waals surface area contributed by atoms with Crippen LogP contribution >= 0.6 is 0 Å². The Kier molecular flexibility index (Phi) is 4.55. The van der Waals surface area contributed by atoms with Crippen LogP contribution in [0.15, 0.2) is 24.3 Å². The lowest BCUT2D eigenvalue weighted by Gasteiger charge is -2.15. The van der Waals surface area contributed by atoms with Crippen LogP contribution in [0.2, 0.25) is 0 Å². The van der Waals surface area contributed by atoms with Crippen molar-refractivity contribution < 1.29 is 4.39 Å². The van der Waals surface area contributed by atoms with Crippen LogP contribution in [-0.4, -0.2) is 16.3 Å². The van der Waals surface area contributed by atoms with E-state index in [0.29, 0.717) is 6.42 Å². The van der Waals surface area contributed by atoms with E-state index < -0.39 is 0 Å². The SMILES string of the molecule is Cc1nn(C)c(C)c1C(C)NCCc1ccccc1F. The number of benzene rings is 1. The molecular weight excluding hydrogens is 253 g/mol. The van der Waals surface area contributed by atoms with Crippen molar-refractivity contribution in [2.24, 2.45) is 7.05 Å². The Labute approximate surface area is 119 Å². The van der Waals surface area contributed by atoms with E-state index in [1.54, 1.807) is 6.07 Å². The molecule has 2 rings (SSSR count). The molecule has 1 atom stereocenters. The van der Waals surface area contributed by atoms with Gasteiger partial charge in [0.2, 0.25) is 0 Å². The van der Waals surface area contributed by atoms with Gasteiger partial charge in [-0.2, -0.15) is 5.10 Å². The minimum Gasteiger partial charge on any atom is -0.310 e. The third-order valence-electron chi connectivity index (χ3n) is 3.80. The molecule has 0 saturated heterocycles. The van der Waals surface area contributed by atoms with Crippen LogP contribution in [0.1, 0.15) is 35.5 Å². The van der Waals surface area contributed by atoms with E-state index in [2.05, 4.69) is 24.3 Å². The van der Waals surface area contributed by atoms with Crippen LogP contribution in [0, 0.1) is 19.7 Å². The summed E-state index contributed by atoms with van der Waals surface area (Å²) in [6.45, 7) is 6.97. The topological polar surface area (TPSA) is 29.9 Å². The molecule has 1 heterocycles. The highest BCUT2D eigenvalue weighted by molar-refractivity contribution is 5.27. The van der Waals surface area contributed by atoms with Gasteiger partial charge in [0.1, 0.15) is 5.82 Å². The maximum Gasteiger partial charge on any atom is 0.126 e. The molecule has 0 saturated carbocycles. The number of aromatic nitrogens is 2. The first-order valence-electron chi connectivity index (χ1n) is 6.97. The lowest BCUT2D eigenvalue weighted by molar-refractivity contribution is 0.555. The lowest BCUT2D eigenvalue weighted by Crippen LogP contribution is -2.22. The van der Waals surface area contributed by atoms with Crippen LogP contribution in [0.5, 0.6) is 0 Å². The molecule has 2 aromatic rings. The Morgan fingerprint density at radius 3 is 2.60 bits per heavy atom. The predicted molar refractivity (Wildman–Crippen MR) is 79.2 cm³/mol. The maximum atomic E-state index is 13.5. The Bertz CT molecular complexity index is 589. The fraction of sp³-hybridized carbons (Fsp3) is 0.438. The zero-order valence-electron chi connectivity index (χ0n) is 12.6. The van der Waals surface area contributed by atoms with Crippen LogP contribution in [0.3, 0.4) is 0 Å². The monoisotopic (exact) mass is 275 g/mol. The van der Waals surface area contributed by atoms with Gasteiger partial charge in [0.05, 0.1) is 5.69 Å². The second kappa shape index (κ2) is 6.18. The number of halogens is 1. The normalized spacial score (nSPS) is 12.7. The first kappa shape index (κ1) is 14.7. The smallest absolute Gasteiger partial charge is 0.126 e. The molecule has 108 valence electrons. The summed E-state index contributed by atoms with van der Waals surface area (Å²) in [5.41, 5.74) is 4.22. The van der Waals surface area contributed by atoms with Crippen molar-refractivity contribution in [3.05, 3.63) is 52.6 Å². The highest BCUT2D eigenvalue weighted by atomic mass is 19.1. The maximum absolute atomic E-state index is 13.5. The standard InChI is InChI=1S/C16H22FN3/c1-11(16-12(2)19-20(4)13(16)3)18-10-9-14-7-5-6-8-15(14)17/h5-8,11,18H,9-10H2,1-4H3. The Morgan fingerprint density at radius 1 is 1.30 bits per heavy atom. The Morgan fingerprint density at radius 2 is 2.00 bits per heavy atom. The molecule has 1 N–H and O–H groups in total. The van der Waals surface area contributed by atoms with E-state index >= 15 is 0 Å². The van der Waals surface area contributed by atoms with Crippen LogP contribution < -0.4 is 5.32 Å². The van der Waals surface area contributed by atoms with Crippen molar-refractivity contribution in [2.45, 2.75) is 33.2 Å². The second-order valence-corrected chi connectivity index (χ2v) is 5.23. The molecule has 20 heavy (non-hydrogen) atoms. The number of nitrogens with zero attached hydrogens (tertiary/aromatic N) is 2. The van der Waals surface area contributed by atoms with Crippen molar-refractivity contribution in [2.75, 3.05) is 6.54 Å². The van der Waals surface area contributed by atoms with Gasteiger partial charge >= 0.3 is 0 Å². The zero-order chi connectivity index (χ0) is 14.7. The lowest BCUT2D eigenvalue weighted by atomic mass is 10.1. The summed E-state index contributed by atoms with van der Waals surface area (Å²) in [5, 5.41) is 7.88. The van der Waals surface area contributed by atoms with Gasteiger partial charge in [-0.1, -0.05) is 18.2 Å². The third-order valence-corrected chi connectivity index (χ3v) is 3.80. The number of rotatable bonds is 5. The van der Waals surface area contributed by atoms with Crippen LogP contribution in [0.4, 0.5) is 4.39 Å². The molecule has 3 nitrogen and oxygen atoms in total. The molecule has 1 aromatic carbocycles. The molecule has 0 spiro atoms. The van der Waals surface area contributed by atoms with E-state index in [4.69, 9.17) is 0 Å². The molecule has 0 fully saturated rings. The van der Waals surface area contributed by atoms with Gasteiger partial charge in [-0.15, -0.1) is 0 Å². The van der Waals surface area contributed by atoms with Crippen molar-refractivity contribution in [1.29, 1.82) is 0 Å². The van der Waals surface area contributed by atoms with Crippen molar-refractivity contribution in [3.63, 3.8) is 0 Å². The van der Waals surface area contributed by atoms with Gasteiger partial charge in [0.15, 0.2) is 0 Å². The van der Waals surface area contributed by atoms with Crippen LogP contribution in [-0.2, 0) is 13.5 Å². The molecule has 0 amide bonds. The van der Waals surface area contributed by atoms with Crippen molar-refractivity contribution in [1.82, 2.24) is 15.1 Å². The first-order chi connectivity index (χ1) is 9.50. The summed E-state index contributed by atoms with van der Waals surface area (Å²) in [6.07, 6.45) is 0.690. The zero-order valence-corrected chi connectivity index (χ0v) is 12.6. The number of hydrogen-bond acceptors (Lipinski definition) is 2. The predicted octanol–water partition coefficient (Wildman–Crippen LogP) is 3.07. The quantitative estimate of drug-likeness (QED) is 0.909. The molecule has 0 bridgehead atoms. The third kappa shape index (κ3) is 3.07. The van der Waals surface area contributed by atoms with E-state index in [1.165, 1.54) is 17.3 Å². The summed E-state index contributed by atoms with van der Waals surface area (Å²) in [7, 11) is 1.96. The fourth-order valence-corrected chi connectivity index (χ4v) is 2.64. The van der Waals surface area contributed by atoms with Gasteiger partial charge in [-0.3, -0.25) is 4.68 Å². The highest BCUT2D eigenvalue weighted by Crippen LogP contribution is 2.20. The van der Waals surface area contributed by atoms with Gasteiger partial charge < -0.3 is 5.32 Å². The highest BCUT2D eigenvalue weighted by Gasteiger charge is 2.15. The van der Waals surface area contributed by atoms with E-state index in [1.807, 2.05) is 30.8 Å². The van der Waals surface area contributed by atoms with Gasteiger partial charge in [0.25, 0.3) is 0 Å².